The molecule has 0 spiro atoms. The lowest BCUT2D eigenvalue weighted by Gasteiger charge is -2.08. The standard InChI is InChI=1S/C11H12N2O2/c1-14-10-4-2-3-5-11(10)15-7-9-6-12-8-13-9/h2-6,8H,7H2,1H3,(H,12,13). The van der Waals surface area contributed by atoms with Crippen LogP contribution in [-0.4, -0.2) is 17.1 Å². The molecule has 0 aliphatic rings. The number of hydrogen-bond acceptors (Lipinski definition) is 3. The van der Waals surface area contributed by atoms with Gasteiger partial charge in [0.2, 0.25) is 0 Å². The molecule has 0 radical (unpaired) electrons. The number of nitrogens with zero attached hydrogens (tertiary/aromatic N) is 1. The summed E-state index contributed by atoms with van der Waals surface area (Å²) < 4.78 is 10.7. The molecule has 4 nitrogen and oxygen atoms in total. The largest absolute Gasteiger partial charge is 0.493 e. The summed E-state index contributed by atoms with van der Waals surface area (Å²) in [5.74, 6) is 1.45. The van der Waals surface area contributed by atoms with E-state index in [4.69, 9.17) is 9.47 Å². The Morgan fingerprint density at radius 3 is 2.73 bits per heavy atom. The van der Waals surface area contributed by atoms with E-state index in [0.717, 1.165) is 17.2 Å². The quantitative estimate of drug-likeness (QED) is 0.828. The van der Waals surface area contributed by atoms with Crippen LogP contribution in [0.1, 0.15) is 5.69 Å². The van der Waals surface area contributed by atoms with Gasteiger partial charge in [0.25, 0.3) is 0 Å². The van der Waals surface area contributed by atoms with Crippen LogP contribution in [0, 0.1) is 0 Å². The van der Waals surface area contributed by atoms with Crippen LogP contribution >= 0.6 is 0 Å². The number of aromatic nitrogens is 2. The number of aromatic amines is 1. The van der Waals surface area contributed by atoms with Crippen molar-refractivity contribution in [3.8, 4) is 11.5 Å². The van der Waals surface area contributed by atoms with E-state index < -0.39 is 0 Å². The van der Waals surface area contributed by atoms with Gasteiger partial charge in [-0.15, -0.1) is 0 Å². The average Bonchev–Trinajstić information content (AvgIpc) is 2.79. The van der Waals surface area contributed by atoms with Crippen molar-refractivity contribution in [1.82, 2.24) is 9.97 Å². The monoisotopic (exact) mass is 204 g/mol. The summed E-state index contributed by atoms with van der Waals surface area (Å²) in [4.78, 5) is 6.94. The van der Waals surface area contributed by atoms with Gasteiger partial charge in [0.05, 0.1) is 19.1 Å². The number of H-pyrrole nitrogens is 1. The Morgan fingerprint density at radius 2 is 2.07 bits per heavy atom. The van der Waals surface area contributed by atoms with E-state index in [0.29, 0.717) is 6.61 Å². The normalized spacial score (nSPS) is 9.93. The van der Waals surface area contributed by atoms with E-state index in [1.807, 2.05) is 24.3 Å². The molecule has 0 atom stereocenters. The number of methoxy groups -OCH3 is 1. The summed E-state index contributed by atoms with van der Waals surface area (Å²) in [6.07, 6.45) is 3.43. The van der Waals surface area contributed by atoms with E-state index >= 15 is 0 Å². The lowest BCUT2D eigenvalue weighted by molar-refractivity contribution is 0.281. The summed E-state index contributed by atoms with van der Waals surface area (Å²) in [5.41, 5.74) is 0.862. The highest BCUT2D eigenvalue weighted by Gasteiger charge is 2.03. The van der Waals surface area contributed by atoms with Crippen molar-refractivity contribution in [2.24, 2.45) is 0 Å². The molecule has 2 rings (SSSR count). The summed E-state index contributed by atoms with van der Waals surface area (Å²) in [7, 11) is 1.62. The van der Waals surface area contributed by atoms with Gasteiger partial charge in [-0.2, -0.15) is 0 Å². The zero-order valence-electron chi connectivity index (χ0n) is 8.43. The van der Waals surface area contributed by atoms with Crippen molar-refractivity contribution in [1.29, 1.82) is 0 Å². The van der Waals surface area contributed by atoms with Crippen molar-refractivity contribution >= 4 is 0 Å². The van der Waals surface area contributed by atoms with Crippen LogP contribution in [0.2, 0.25) is 0 Å². The molecule has 0 saturated carbocycles. The Hall–Kier alpha value is -1.97. The number of benzene rings is 1. The Bertz CT molecular complexity index is 412. The third-order valence-corrected chi connectivity index (χ3v) is 2.00. The molecule has 0 amide bonds. The molecule has 0 unspecified atom stereocenters. The smallest absolute Gasteiger partial charge is 0.161 e. The van der Waals surface area contributed by atoms with Crippen LogP contribution in [-0.2, 0) is 6.61 Å². The number of imidazole rings is 1. The summed E-state index contributed by atoms with van der Waals surface area (Å²) in [6, 6.07) is 7.54. The summed E-state index contributed by atoms with van der Waals surface area (Å²) >= 11 is 0. The molecule has 0 fully saturated rings. The van der Waals surface area contributed by atoms with Crippen LogP contribution < -0.4 is 9.47 Å². The maximum Gasteiger partial charge on any atom is 0.161 e. The van der Waals surface area contributed by atoms with Crippen LogP contribution in [0.4, 0.5) is 0 Å². The second-order valence-corrected chi connectivity index (χ2v) is 3.00. The third-order valence-electron chi connectivity index (χ3n) is 2.00. The van der Waals surface area contributed by atoms with Gasteiger partial charge in [0.1, 0.15) is 6.61 Å². The Kier molecular flexibility index (Phi) is 2.88. The first-order chi connectivity index (χ1) is 7.40. The maximum atomic E-state index is 5.56. The molecule has 1 aromatic carbocycles. The topological polar surface area (TPSA) is 47.1 Å². The fourth-order valence-electron chi connectivity index (χ4n) is 1.26. The van der Waals surface area contributed by atoms with E-state index in [2.05, 4.69) is 9.97 Å². The van der Waals surface area contributed by atoms with Crippen LogP contribution in [0.15, 0.2) is 36.8 Å². The molecule has 1 aromatic heterocycles. The van der Waals surface area contributed by atoms with Gasteiger partial charge in [0, 0.05) is 6.20 Å². The zero-order valence-corrected chi connectivity index (χ0v) is 8.43. The first-order valence-corrected chi connectivity index (χ1v) is 4.63. The second kappa shape index (κ2) is 4.50. The predicted molar refractivity (Wildman–Crippen MR) is 55.9 cm³/mol. The van der Waals surface area contributed by atoms with Crippen molar-refractivity contribution < 1.29 is 9.47 Å². The van der Waals surface area contributed by atoms with Crippen LogP contribution in [0.3, 0.4) is 0 Å². The third kappa shape index (κ3) is 2.28. The highest BCUT2D eigenvalue weighted by molar-refractivity contribution is 5.39. The minimum Gasteiger partial charge on any atom is -0.493 e. The Labute approximate surface area is 87.9 Å². The first-order valence-electron chi connectivity index (χ1n) is 4.63. The van der Waals surface area contributed by atoms with Gasteiger partial charge in [-0.1, -0.05) is 12.1 Å². The number of nitrogens with one attached hydrogen (secondary N) is 1. The molecule has 0 bridgehead atoms. The Balaban J connectivity index is 2.04. The molecule has 15 heavy (non-hydrogen) atoms. The Morgan fingerprint density at radius 1 is 1.27 bits per heavy atom. The fraction of sp³-hybridized carbons (Fsp3) is 0.182. The number of para-hydroxylation sites is 2. The molecule has 1 heterocycles. The molecule has 4 heteroatoms. The number of ether oxygens (including phenoxy) is 2. The molecular weight excluding hydrogens is 192 g/mol. The van der Waals surface area contributed by atoms with Crippen LogP contribution in [0.25, 0.3) is 0 Å². The molecule has 2 aromatic rings. The van der Waals surface area contributed by atoms with Gasteiger partial charge < -0.3 is 14.5 Å². The second-order valence-electron chi connectivity index (χ2n) is 3.00. The highest BCUT2D eigenvalue weighted by Crippen LogP contribution is 2.26. The fourth-order valence-corrected chi connectivity index (χ4v) is 1.26. The summed E-state index contributed by atoms with van der Waals surface area (Å²) in [5, 5.41) is 0. The minimum atomic E-state index is 0.434. The zero-order chi connectivity index (χ0) is 10.5. The van der Waals surface area contributed by atoms with Crippen molar-refractivity contribution in [3.05, 3.63) is 42.5 Å². The average molecular weight is 204 g/mol. The van der Waals surface area contributed by atoms with Crippen molar-refractivity contribution in [2.75, 3.05) is 7.11 Å². The van der Waals surface area contributed by atoms with Crippen LogP contribution in [0.5, 0.6) is 11.5 Å². The molecular formula is C11H12N2O2. The molecule has 1 N–H and O–H groups in total. The van der Waals surface area contributed by atoms with Crippen molar-refractivity contribution in [3.63, 3.8) is 0 Å². The maximum absolute atomic E-state index is 5.56. The number of rotatable bonds is 4. The van der Waals surface area contributed by atoms with Gasteiger partial charge in [0.15, 0.2) is 11.5 Å². The molecule has 0 aliphatic heterocycles. The SMILES string of the molecule is COc1ccccc1OCc1c[nH]cn1. The van der Waals surface area contributed by atoms with E-state index in [9.17, 15) is 0 Å². The molecule has 0 saturated heterocycles. The first kappa shape index (κ1) is 9.58. The van der Waals surface area contributed by atoms with E-state index in [1.165, 1.54) is 0 Å². The number of hydrogen-bond donors (Lipinski definition) is 1. The van der Waals surface area contributed by atoms with E-state index in [1.54, 1.807) is 19.6 Å². The molecule has 78 valence electrons. The van der Waals surface area contributed by atoms with Gasteiger partial charge >= 0.3 is 0 Å². The van der Waals surface area contributed by atoms with E-state index in [-0.39, 0.29) is 0 Å². The van der Waals surface area contributed by atoms with Gasteiger partial charge in [-0.3, -0.25) is 0 Å². The van der Waals surface area contributed by atoms with Gasteiger partial charge in [-0.05, 0) is 12.1 Å². The minimum absolute atomic E-state index is 0.434. The summed E-state index contributed by atoms with van der Waals surface area (Å²) in [6.45, 7) is 0.434. The highest BCUT2D eigenvalue weighted by atomic mass is 16.5. The predicted octanol–water partition coefficient (Wildman–Crippen LogP) is 2.00. The lowest BCUT2D eigenvalue weighted by atomic mass is 10.3. The molecule has 0 aliphatic carbocycles. The van der Waals surface area contributed by atoms with Gasteiger partial charge in [-0.25, -0.2) is 4.98 Å². The lowest BCUT2D eigenvalue weighted by Crippen LogP contribution is -1.97. The van der Waals surface area contributed by atoms with Crippen molar-refractivity contribution in [2.45, 2.75) is 6.61 Å².